The van der Waals surface area contributed by atoms with Crippen LogP contribution in [0.3, 0.4) is 0 Å². The van der Waals surface area contributed by atoms with Crippen LogP contribution in [0.15, 0.2) is 29.3 Å². The summed E-state index contributed by atoms with van der Waals surface area (Å²) in [5, 5.41) is 6.71. The average molecular weight is 506 g/mol. The Morgan fingerprint density at radius 1 is 1.30 bits per heavy atom. The first-order valence-electron chi connectivity index (χ1n) is 9.52. The summed E-state index contributed by atoms with van der Waals surface area (Å²) in [7, 11) is 0.907. The van der Waals surface area contributed by atoms with Crippen molar-refractivity contribution < 1.29 is 4.21 Å². The largest absolute Gasteiger partial charge is 0.372 e. The van der Waals surface area contributed by atoms with Crippen LogP contribution in [-0.2, 0) is 10.8 Å². The lowest BCUT2D eigenvalue weighted by Crippen LogP contribution is -2.41. The van der Waals surface area contributed by atoms with Crippen molar-refractivity contribution in [3.8, 4) is 0 Å². The van der Waals surface area contributed by atoms with Gasteiger partial charge in [-0.1, -0.05) is 12.1 Å². The molecule has 1 aromatic carbocycles. The van der Waals surface area contributed by atoms with E-state index in [0.29, 0.717) is 12.3 Å². The highest BCUT2D eigenvalue weighted by Crippen LogP contribution is 2.23. The quantitative estimate of drug-likeness (QED) is 0.351. The summed E-state index contributed by atoms with van der Waals surface area (Å²) >= 11 is 0. The maximum atomic E-state index is 12.1. The van der Waals surface area contributed by atoms with Crippen molar-refractivity contribution in [3.05, 3.63) is 29.8 Å². The highest BCUT2D eigenvalue weighted by atomic mass is 127. The highest BCUT2D eigenvalue weighted by Gasteiger charge is 2.19. The predicted octanol–water partition coefficient (Wildman–Crippen LogP) is 3.68. The molecule has 1 saturated heterocycles. The van der Waals surface area contributed by atoms with Crippen LogP contribution in [0, 0.1) is 0 Å². The number of benzene rings is 1. The molecule has 154 valence electrons. The first-order chi connectivity index (χ1) is 12.3. The van der Waals surface area contributed by atoms with Gasteiger partial charge in [-0.15, -0.1) is 24.0 Å². The van der Waals surface area contributed by atoms with Crippen molar-refractivity contribution in [2.75, 3.05) is 37.3 Å². The number of rotatable bonds is 6. The number of hydrogen-bond acceptors (Lipinski definition) is 3. The van der Waals surface area contributed by atoms with Crippen LogP contribution in [0.1, 0.15) is 52.1 Å². The molecule has 1 fully saturated rings. The second-order valence-electron chi connectivity index (χ2n) is 7.82. The summed E-state index contributed by atoms with van der Waals surface area (Å²) in [6.07, 6.45) is 2.56. The predicted molar refractivity (Wildman–Crippen MR) is 129 cm³/mol. The van der Waals surface area contributed by atoms with E-state index in [9.17, 15) is 4.21 Å². The fourth-order valence-electron chi connectivity index (χ4n) is 3.02. The molecule has 2 N–H and O–H groups in total. The van der Waals surface area contributed by atoms with E-state index in [1.54, 1.807) is 7.05 Å². The molecule has 0 aromatic heterocycles. The number of hydrogen-bond donors (Lipinski definition) is 2. The van der Waals surface area contributed by atoms with E-state index in [1.165, 1.54) is 24.1 Å². The van der Waals surface area contributed by atoms with E-state index in [2.05, 4.69) is 51.7 Å². The molecule has 27 heavy (non-hydrogen) atoms. The minimum atomic E-state index is -0.860. The Balaban J connectivity index is 0.00000364. The summed E-state index contributed by atoms with van der Waals surface area (Å²) in [6, 6.07) is 8.89. The summed E-state index contributed by atoms with van der Waals surface area (Å²) in [5.41, 5.74) is 2.55. The van der Waals surface area contributed by atoms with Crippen LogP contribution in [0.4, 0.5) is 5.69 Å². The monoisotopic (exact) mass is 506 g/mol. The molecule has 2 unspecified atom stereocenters. The fourth-order valence-corrected chi connectivity index (χ4v) is 3.92. The van der Waals surface area contributed by atoms with Crippen molar-refractivity contribution in [3.63, 3.8) is 0 Å². The van der Waals surface area contributed by atoms with E-state index in [1.807, 2.05) is 20.8 Å². The van der Waals surface area contributed by atoms with Crippen molar-refractivity contribution in [1.82, 2.24) is 10.6 Å². The van der Waals surface area contributed by atoms with Crippen LogP contribution in [0.25, 0.3) is 0 Å². The Morgan fingerprint density at radius 2 is 1.96 bits per heavy atom. The fraction of sp³-hybridized carbons (Fsp3) is 0.650. The number of anilines is 1. The van der Waals surface area contributed by atoms with E-state index >= 15 is 0 Å². The molecule has 0 bridgehead atoms. The van der Waals surface area contributed by atoms with E-state index < -0.39 is 10.8 Å². The first kappa shape index (κ1) is 24.2. The molecule has 0 spiro atoms. The van der Waals surface area contributed by atoms with Gasteiger partial charge in [-0.25, -0.2) is 0 Å². The average Bonchev–Trinajstić information content (AvgIpc) is 3.14. The van der Waals surface area contributed by atoms with Gasteiger partial charge < -0.3 is 15.5 Å². The third kappa shape index (κ3) is 7.60. The summed E-state index contributed by atoms with van der Waals surface area (Å²) < 4.78 is 12.0. The van der Waals surface area contributed by atoms with Gasteiger partial charge in [0.05, 0.1) is 6.04 Å². The maximum absolute atomic E-state index is 12.1. The second kappa shape index (κ2) is 11.2. The Morgan fingerprint density at radius 3 is 2.56 bits per heavy atom. The zero-order valence-electron chi connectivity index (χ0n) is 17.2. The molecule has 1 aromatic rings. The van der Waals surface area contributed by atoms with Gasteiger partial charge >= 0.3 is 0 Å². The maximum Gasteiger partial charge on any atom is 0.191 e. The zero-order chi connectivity index (χ0) is 19.2. The summed E-state index contributed by atoms with van der Waals surface area (Å²) in [4.78, 5) is 6.75. The van der Waals surface area contributed by atoms with Crippen molar-refractivity contribution in [2.45, 2.75) is 51.3 Å². The normalized spacial score (nSPS) is 17.2. The van der Waals surface area contributed by atoms with Crippen molar-refractivity contribution >= 4 is 46.4 Å². The number of aliphatic imine (C=N–C) groups is 1. The SMILES string of the molecule is CN=C(NCCS(=O)C(C)(C)C)NC(C)c1cccc(N2CCCC2)c1.I. The molecule has 1 aliphatic heterocycles. The highest BCUT2D eigenvalue weighted by molar-refractivity contribution is 14.0. The van der Waals surface area contributed by atoms with Crippen LogP contribution in [-0.4, -0.2) is 47.4 Å². The lowest BCUT2D eigenvalue weighted by Gasteiger charge is -2.22. The van der Waals surface area contributed by atoms with Gasteiger partial charge in [-0.05, 0) is 58.2 Å². The third-order valence-corrected chi connectivity index (χ3v) is 6.62. The first-order valence-corrected chi connectivity index (χ1v) is 10.8. The Hall–Kier alpha value is -0.830. The second-order valence-corrected chi connectivity index (χ2v) is 10.1. The zero-order valence-corrected chi connectivity index (χ0v) is 20.4. The number of nitrogens with one attached hydrogen (secondary N) is 2. The van der Waals surface area contributed by atoms with Gasteiger partial charge in [0.2, 0.25) is 0 Å². The standard InChI is InChI=1S/C20H34N4OS.HI/c1-16(17-9-8-10-18(15-17)24-12-6-7-13-24)23-19(21-5)22-11-14-26(25)20(2,3)4;/h8-10,15-16H,6-7,11-14H2,1-5H3,(H2,21,22,23);1H. The lowest BCUT2D eigenvalue weighted by molar-refractivity contribution is 0.645. The summed E-state index contributed by atoms with van der Waals surface area (Å²) in [5.74, 6) is 1.36. The Kier molecular flexibility index (Phi) is 10.1. The van der Waals surface area contributed by atoms with Gasteiger partial charge in [-0.2, -0.15) is 0 Å². The van der Waals surface area contributed by atoms with Crippen LogP contribution in [0.5, 0.6) is 0 Å². The third-order valence-electron chi connectivity index (χ3n) is 4.68. The molecular formula is C20H35IN4OS. The molecule has 0 radical (unpaired) electrons. The molecule has 1 aliphatic rings. The summed E-state index contributed by atoms with van der Waals surface area (Å²) in [6.45, 7) is 11.1. The molecule has 0 amide bonds. The van der Waals surface area contributed by atoms with E-state index in [-0.39, 0.29) is 34.8 Å². The topological polar surface area (TPSA) is 56.7 Å². The van der Waals surface area contributed by atoms with Crippen LogP contribution < -0.4 is 15.5 Å². The van der Waals surface area contributed by atoms with Crippen molar-refractivity contribution in [1.29, 1.82) is 0 Å². The van der Waals surface area contributed by atoms with Crippen molar-refractivity contribution in [2.24, 2.45) is 4.99 Å². The molecular weight excluding hydrogens is 471 g/mol. The molecule has 0 aliphatic carbocycles. The molecule has 1 heterocycles. The van der Waals surface area contributed by atoms with Gasteiger partial charge in [0, 0.05) is 53.7 Å². The Bertz CT molecular complexity index is 639. The molecule has 7 heteroatoms. The van der Waals surface area contributed by atoms with Gasteiger partial charge in [0.15, 0.2) is 5.96 Å². The molecule has 0 saturated carbocycles. The van der Waals surface area contributed by atoms with Gasteiger partial charge in [0.1, 0.15) is 0 Å². The number of nitrogens with zero attached hydrogens (tertiary/aromatic N) is 2. The lowest BCUT2D eigenvalue weighted by atomic mass is 10.1. The molecule has 2 atom stereocenters. The smallest absolute Gasteiger partial charge is 0.191 e. The van der Waals surface area contributed by atoms with Gasteiger partial charge in [-0.3, -0.25) is 9.20 Å². The van der Waals surface area contributed by atoms with Crippen LogP contribution >= 0.6 is 24.0 Å². The van der Waals surface area contributed by atoms with Gasteiger partial charge in [0.25, 0.3) is 0 Å². The van der Waals surface area contributed by atoms with E-state index in [4.69, 9.17) is 0 Å². The van der Waals surface area contributed by atoms with Crippen LogP contribution in [0.2, 0.25) is 0 Å². The molecule has 2 rings (SSSR count). The Labute approximate surface area is 184 Å². The minimum Gasteiger partial charge on any atom is -0.372 e. The molecule has 5 nitrogen and oxygen atoms in total. The number of guanidine groups is 1. The van der Waals surface area contributed by atoms with E-state index in [0.717, 1.165) is 19.0 Å². The minimum absolute atomic E-state index is 0. The number of halogens is 1.